The molecule has 0 bridgehead atoms. The van der Waals surface area contributed by atoms with Crippen LogP contribution in [0.15, 0.2) is 41.3 Å². The molecule has 0 aliphatic heterocycles. The molecular formula is C14H10N2O. The molecule has 0 spiro atoms. The van der Waals surface area contributed by atoms with Gasteiger partial charge in [0, 0.05) is 5.56 Å². The summed E-state index contributed by atoms with van der Waals surface area (Å²) < 4.78 is 4.88. The molecule has 17 heavy (non-hydrogen) atoms. The Bertz CT molecular complexity index is 618. The van der Waals surface area contributed by atoms with Gasteiger partial charge in [0.1, 0.15) is 6.26 Å². The standard InChI is InChI=1S/C14H10N2O/c15-7-10-4-5-14-11(6-10)2-1-3-13(14)12-8-16-17-9-12/h3-6,8-9H,1-2H2. The molecule has 1 aromatic heterocycles. The average molecular weight is 222 g/mol. The summed E-state index contributed by atoms with van der Waals surface area (Å²) in [5, 5.41) is 12.6. The lowest BCUT2D eigenvalue weighted by Crippen LogP contribution is -2.00. The van der Waals surface area contributed by atoms with Gasteiger partial charge in [0.05, 0.1) is 17.8 Å². The Kier molecular flexibility index (Phi) is 2.27. The van der Waals surface area contributed by atoms with E-state index in [1.165, 1.54) is 11.1 Å². The van der Waals surface area contributed by atoms with Gasteiger partial charge in [-0.25, -0.2) is 0 Å². The van der Waals surface area contributed by atoms with Gasteiger partial charge in [0.2, 0.25) is 0 Å². The van der Waals surface area contributed by atoms with Crippen LogP contribution in [-0.4, -0.2) is 5.16 Å². The molecule has 0 N–H and O–H groups in total. The van der Waals surface area contributed by atoms with E-state index in [1.807, 2.05) is 18.2 Å². The SMILES string of the molecule is N#Cc1ccc2c(c1)CCC=C2c1cnoc1. The van der Waals surface area contributed by atoms with Gasteiger partial charge in [-0.15, -0.1) is 0 Å². The van der Waals surface area contributed by atoms with Crippen LogP contribution in [0.5, 0.6) is 0 Å². The molecule has 0 atom stereocenters. The third-order valence-corrected chi connectivity index (χ3v) is 3.03. The molecule has 3 heteroatoms. The fraction of sp³-hybridized carbons (Fsp3) is 0.143. The molecule has 0 amide bonds. The maximum atomic E-state index is 8.90. The van der Waals surface area contributed by atoms with E-state index < -0.39 is 0 Å². The largest absolute Gasteiger partial charge is 0.364 e. The Balaban J connectivity index is 2.12. The molecule has 3 nitrogen and oxygen atoms in total. The number of aromatic nitrogens is 1. The van der Waals surface area contributed by atoms with E-state index in [0.717, 1.165) is 29.5 Å². The normalized spacial score (nSPS) is 13.7. The second-order valence-electron chi connectivity index (χ2n) is 4.05. The Morgan fingerprint density at radius 1 is 1.35 bits per heavy atom. The minimum Gasteiger partial charge on any atom is -0.364 e. The van der Waals surface area contributed by atoms with E-state index in [1.54, 1.807) is 12.5 Å². The predicted octanol–water partition coefficient (Wildman–Crippen LogP) is 2.92. The highest BCUT2D eigenvalue weighted by molar-refractivity contribution is 5.82. The molecule has 1 aliphatic carbocycles. The molecule has 1 aliphatic rings. The predicted molar refractivity (Wildman–Crippen MR) is 63.1 cm³/mol. The fourth-order valence-electron chi connectivity index (χ4n) is 2.23. The smallest absolute Gasteiger partial charge is 0.131 e. The average Bonchev–Trinajstić information content (AvgIpc) is 2.91. The van der Waals surface area contributed by atoms with Gasteiger partial charge in [0.25, 0.3) is 0 Å². The molecule has 0 radical (unpaired) electrons. The molecular weight excluding hydrogens is 212 g/mol. The molecule has 2 aromatic rings. The van der Waals surface area contributed by atoms with E-state index in [9.17, 15) is 0 Å². The van der Waals surface area contributed by atoms with Crippen LogP contribution in [0.2, 0.25) is 0 Å². The van der Waals surface area contributed by atoms with Crippen LogP contribution in [0, 0.1) is 11.3 Å². The number of benzene rings is 1. The Hall–Kier alpha value is -2.34. The van der Waals surface area contributed by atoms with Crippen LogP contribution in [0.1, 0.15) is 28.7 Å². The van der Waals surface area contributed by atoms with Crippen LogP contribution in [0.25, 0.3) is 5.57 Å². The lowest BCUT2D eigenvalue weighted by molar-refractivity contribution is 0.419. The Labute approximate surface area is 99.0 Å². The minimum absolute atomic E-state index is 0.718. The van der Waals surface area contributed by atoms with Crippen molar-refractivity contribution in [2.45, 2.75) is 12.8 Å². The number of allylic oxidation sites excluding steroid dienone is 1. The summed E-state index contributed by atoms with van der Waals surface area (Å²) in [6, 6.07) is 8.00. The second-order valence-corrected chi connectivity index (χ2v) is 4.05. The summed E-state index contributed by atoms with van der Waals surface area (Å²) in [4.78, 5) is 0. The van der Waals surface area contributed by atoms with Crippen LogP contribution < -0.4 is 0 Å². The Morgan fingerprint density at radius 3 is 3.06 bits per heavy atom. The zero-order valence-corrected chi connectivity index (χ0v) is 9.18. The van der Waals surface area contributed by atoms with E-state index in [-0.39, 0.29) is 0 Å². The van der Waals surface area contributed by atoms with Gasteiger partial charge < -0.3 is 4.52 Å². The number of hydrogen-bond donors (Lipinski definition) is 0. The van der Waals surface area contributed by atoms with Gasteiger partial charge in [0.15, 0.2) is 0 Å². The van der Waals surface area contributed by atoms with Crippen molar-refractivity contribution in [2.24, 2.45) is 0 Å². The van der Waals surface area contributed by atoms with Crippen LogP contribution in [0.4, 0.5) is 0 Å². The second kappa shape index (κ2) is 3.91. The minimum atomic E-state index is 0.718. The maximum absolute atomic E-state index is 8.90. The zero-order valence-electron chi connectivity index (χ0n) is 9.18. The van der Waals surface area contributed by atoms with Crippen molar-refractivity contribution in [3.63, 3.8) is 0 Å². The lowest BCUT2D eigenvalue weighted by Gasteiger charge is -2.16. The van der Waals surface area contributed by atoms with Crippen molar-refractivity contribution in [3.05, 3.63) is 59.0 Å². The van der Waals surface area contributed by atoms with Crippen molar-refractivity contribution in [2.75, 3.05) is 0 Å². The van der Waals surface area contributed by atoms with Gasteiger partial charge in [-0.3, -0.25) is 0 Å². The van der Waals surface area contributed by atoms with Gasteiger partial charge in [-0.1, -0.05) is 17.3 Å². The van der Waals surface area contributed by atoms with Crippen molar-refractivity contribution < 1.29 is 4.52 Å². The highest BCUT2D eigenvalue weighted by Crippen LogP contribution is 2.31. The fourth-order valence-corrected chi connectivity index (χ4v) is 2.23. The number of nitriles is 1. The summed E-state index contributed by atoms with van der Waals surface area (Å²) in [5.41, 5.74) is 5.27. The number of hydrogen-bond acceptors (Lipinski definition) is 3. The van der Waals surface area contributed by atoms with Gasteiger partial charge >= 0.3 is 0 Å². The van der Waals surface area contributed by atoms with Crippen molar-refractivity contribution >= 4 is 5.57 Å². The first-order valence-corrected chi connectivity index (χ1v) is 5.52. The summed E-state index contributed by atoms with van der Waals surface area (Å²) in [5.74, 6) is 0. The van der Waals surface area contributed by atoms with E-state index in [4.69, 9.17) is 9.78 Å². The highest BCUT2D eigenvalue weighted by atomic mass is 16.5. The third-order valence-electron chi connectivity index (χ3n) is 3.03. The number of aryl methyl sites for hydroxylation is 1. The molecule has 0 unspecified atom stereocenters. The van der Waals surface area contributed by atoms with Crippen LogP contribution >= 0.6 is 0 Å². The third kappa shape index (κ3) is 1.64. The summed E-state index contributed by atoms with van der Waals surface area (Å²) >= 11 is 0. The summed E-state index contributed by atoms with van der Waals surface area (Å²) in [6.45, 7) is 0. The zero-order chi connectivity index (χ0) is 11.7. The Morgan fingerprint density at radius 2 is 2.29 bits per heavy atom. The van der Waals surface area contributed by atoms with Crippen molar-refractivity contribution in [1.82, 2.24) is 5.16 Å². The first kappa shape index (κ1) is 9.86. The summed E-state index contributed by atoms with van der Waals surface area (Å²) in [7, 11) is 0. The molecule has 3 rings (SSSR count). The number of fused-ring (bicyclic) bond motifs is 1. The van der Waals surface area contributed by atoms with Gasteiger partial charge in [-0.05, 0) is 41.7 Å². The molecule has 0 saturated carbocycles. The number of nitrogens with zero attached hydrogens (tertiary/aromatic N) is 2. The maximum Gasteiger partial charge on any atom is 0.131 e. The topological polar surface area (TPSA) is 49.8 Å². The molecule has 0 saturated heterocycles. The molecule has 1 heterocycles. The molecule has 82 valence electrons. The van der Waals surface area contributed by atoms with E-state index in [0.29, 0.717) is 0 Å². The molecule has 0 fully saturated rings. The van der Waals surface area contributed by atoms with Crippen LogP contribution in [-0.2, 0) is 6.42 Å². The van der Waals surface area contributed by atoms with Crippen molar-refractivity contribution in [1.29, 1.82) is 5.26 Å². The van der Waals surface area contributed by atoms with Crippen molar-refractivity contribution in [3.8, 4) is 6.07 Å². The van der Waals surface area contributed by atoms with Crippen LogP contribution in [0.3, 0.4) is 0 Å². The van der Waals surface area contributed by atoms with E-state index >= 15 is 0 Å². The number of rotatable bonds is 1. The quantitative estimate of drug-likeness (QED) is 0.745. The summed E-state index contributed by atoms with van der Waals surface area (Å²) in [6.07, 6.45) is 7.54. The lowest BCUT2D eigenvalue weighted by atomic mass is 9.87. The van der Waals surface area contributed by atoms with Gasteiger partial charge in [-0.2, -0.15) is 5.26 Å². The first-order valence-electron chi connectivity index (χ1n) is 5.52. The molecule has 1 aromatic carbocycles. The van der Waals surface area contributed by atoms with E-state index in [2.05, 4.69) is 17.3 Å². The first-order chi connectivity index (χ1) is 8.38. The highest BCUT2D eigenvalue weighted by Gasteiger charge is 2.15. The monoisotopic (exact) mass is 222 g/mol.